The van der Waals surface area contributed by atoms with Crippen LogP contribution >= 0.6 is 0 Å². The molecule has 0 aromatic carbocycles. The van der Waals surface area contributed by atoms with Crippen LogP contribution in [0.5, 0.6) is 0 Å². The maximum Gasteiger partial charge on any atom is 0.306 e. The van der Waals surface area contributed by atoms with Crippen molar-refractivity contribution in [3.05, 3.63) is 85.1 Å². The number of ether oxygens (including phenoxy) is 3. The van der Waals surface area contributed by atoms with Crippen LogP contribution in [-0.4, -0.2) is 37.2 Å². The zero-order valence-corrected chi connectivity index (χ0v) is 45.3. The fourth-order valence-electron chi connectivity index (χ4n) is 8.04. The highest BCUT2D eigenvalue weighted by molar-refractivity contribution is 5.71. The summed E-state index contributed by atoms with van der Waals surface area (Å²) in [6.07, 6.45) is 74.4. The molecule has 0 amide bonds. The van der Waals surface area contributed by atoms with Gasteiger partial charge in [0.2, 0.25) is 0 Å². The van der Waals surface area contributed by atoms with Crippen LogP contribution in [0.2, 0.25) is 0 Å². The zero-order chi connectivity index (χ0) is 50.0. The minimum absolute atomic E-state index is 0.102. The lowest BCUT2D eigenvalue weighted by Crippen LogP contribution is -2.30. The second-order valence-electron chi connectivity index (χ2n) is 19.2. The third-order valence-corrected chi connectivity index (χ3v) is 12.4. The predicted molar refractivity (Wildman–Crippen MR) is 297 cm³/mol. The lowest BCUT2D eigenvalue weighted by Gasteiger charge is -2.18. The van der Waals surface area contributed by atoms with E-state index in [9.17, 15) is 14.4 Å². The highest BCUT2D eigenvalue weighted by Gasteiger charge is 2.19. The van der Waals surface area contributed by atoms with Crippen LogP contribution in [0, 0.1) is 0 Å². The topological polar surface area (TPSA) is 78.9 Å². The van der Waals surface area contributed by atoms with Gasteiger partial charge in [0.15, 0.2) is 6.10 Å². The molecular weight excluding hydrogens is 853 g/mol. The first-order valence-electron chi connectivity index (χ1n) is 29.1. The first-order valence-corrected chi connectivity index (χ1v) is 29.1. The molecule has 0 aromatic heterocycles. The minimum Gasteiger partial charge on any atom is -0.462 e. The average Bonchev–Trinajstić information content (AvgIpc) is 3.35. The number of hydrogen-bond acceptors (Lipinski definition) is 6. The molecule has 0 rings (SSSR count). The molecule has 0 radical (unpaired) electrons. The van der Waals surface area contributed by atoms with E-state index in [1.165, 1.54) is 128 Å². The van der Waals surface area contributed by atoms with Crippen molar-refractivity contribution in [1.29, 1.82) is 0 Å². The lowest BCUT2D eigenvalue weighted by atomic mass is 10.0. The molecule has 1 unspecified atom stereocenters. The molecule has 0 N–H and O–H groups in total. The molecule has 0 aliphatic carbocycles. The van der Waals surface area contributed by atoms with Gasteiger partial charge in [-0.1, -0.05) is 254 Å². The molecule has 0 spiro atoms. The number of carbonyl (C=O) groups is 3. The summed E-state index contributed by atoms with van der Waals surface area (Å²) in [5, 5.41) is 0. The summed E-state index contributed by atoms with van der Waals surface area (Å²) in [7, 11) is 0. The molecular formula is C63H108O6. The zero-order valence-electron chi connectivity index (χ0n) is 45.3. The Kier molecular flexibility index (Phi) is 54.3. The largest absolute Gasteiger partial charge is 0.462 e. The van der Waals surface area contributed by atoms with Crippen molar-refractivity contribution in [3.63, 3.8) is 0 Å². The van der Waals surface area contributed by atoms with Crippen LogP contribution < -0.4 is 0 Å². The summed E-state index contributed by atoms with van der Waals surface area (Å²) in [5.41, 5.74) is 0. The Morgan fingerprint density at radius 1 is 0.304 bits per heavy atom. The van der Waals surface area contributed by atoms with E-state index in [1.54, 1.807) is 0 Å². The predicted octanol–water partition coefficient (Wildman–Crippen LogP) is 19.5. The third-order valence-electron chi connectivity index (χ3n) is 12.4. The van der Waals surface area contributed by atoms with Crippen molar-refractivity contribution >= 4 is 17.9 Å². The van der Waals surface area contributed by atoms with Gasteiger partial charge in [-0.3, -0.25) is 14.4 Å². The number of rotatable bonds is 52. The van der Waals surface area contributed by atoms with Crippen molar-refractivity contribution in [1.82, 2.24) is 0 Å². The maximum atomic E-state index is 12.8. The number of carbonyl (C=O) groups excluding carboxylic acids is 3. The average molecular weight is 962 g/mol. The molecule has 1 atom stereocenters. The Morgan fingerprint density at radius 2 is 0.580 bits per heavy atom. The molecule has 0 heterocycles. The van der Waals surface area contributed by atoms with E-state index >= 15 is 0 Å². The SMILES string of the molecule is CC/C=C\C/C=C\C/C=C\C/C=C\C/C=C\CCCC(=O)OC(COC(=O)CCCCCCC/C=C\C/C=C\CCCCCC)COC(=O)CCCCCCCCCCCCCCCCCCCC. The molecule has 0 aliphatic heterocycles. The number of allylic oxidation sites excluding steroid dienone is 14. The van der Waals surface area contributed by atoms with Gasteiger partial charge in [-0.2, -0.15) is 0 Å². The van der Waals surface area contributed by atoms with E-state index in [0.717, 1.165) is 103 Å². The van der Waals surface area contributed by atoms with E-state index in [1.807, 2.05) is 0 Å². The van der Waals surface area contributed by atoms with Gasteiger partial charge in [0.1, 0.15) is 13.2 Å². The molecule has 69 heavy (non-hydrogen) atoms. The van der Waals surface area contributed by atoms with Gasteiger partial charge in [0, 0.05) is 19.3 Å². The molecule has 0 fully saturated rings. The lowest BCUT2D eigenvalue weighted by molar-refractivity contribution is -0.167. The Bertz CT molecular complexity index is 1330. The number of esters is 3. The van der Waals surface area contributed by atoms with Crippen LogP contribution in [0.3, 0.4) is 0 Å². The maximum absolute atomic E-state index is 12.8. The summed E-state index contributed by atoms with van der Waals surface area (Å²) < 4.78 is 16.8. The van der Waals surface area contributed by atoms with Gasteiger partial charge in [0.25, 0.3) is 0 Å². The van der Waals surface area contributed by atoms with E-state index < -0.39 is 6.10 Å². The minimum atomic E-state index is -0.811. The third kappa shape index (κ3) is 55.4. The van der Waals surface area contributed by atoms with Gasteiger partial charge < -0.3 is 14.2 Å². The molecule has 0 saturated heterocycles. The highest BCUT2D eigenvalue weighted by atomic mass is 16.6. The van der Waals surface area contributed by atoms with E-state index in [0.29, 0.717) is 19.3 Å². The van der Waals surface area contributed by atoms with Crippen LogP contribution in [-0.2, 0) is 28.6 Å². The standard InChI is InChI=1S/C63H108O6/c1-4-7-10-13-16-19-22-25-28-31-33-35-38-41-44-47-50-53-56-62(65)68-59-60(58-67-61(64)55-52-49-46-43-40-37-34-30-27-24-21-18-15-12-9-6-3)69-63(66)57-54-51-48-45-42-39-36-32-29-26-23-20-17-14-11-8-5-2/h8,11,17,20-21,24,26,29-30,34,36,39,45,48,60H,4-7,9-10,12-16,18-19,22-23,25,27-28,31-33,35,37-38,40-44,46-47,49-59H2,1-3H3/b11-8-,20-17-,24-21-,29-26-,34-30-,39-36-,48-45-. The summed E-state index contributed by atoms with van der Waals surface area (Å²) >= 11 is 0. The molecule has 6 nitrogen and oxygen atoms in total. The van der Waals surface area contributed by atoms with Crippen molar-refractivity contribution in [2.24, 2.45) is 0 Å². The normalized spacial score (nSPS) is 12.7. The second-order valence-corrected chi connectivity index (χ2v) is 19.2. The molecule has 0 aliphatic rings. The molecule has 6 heteroatoms. The summed E-state index contributed by atoms with van der Waals surface area (Å²) in [4.78, 5) is 38.2. The Balaban J connectivity index is 4.47. The molecule has 0 bridgehead atoms. The van der Waals surface area contributed by atoms with Crippen LogP contribution in [0.1, 0.15) is 278 Å². The summed E-state index contributed by atoms with van der Waals surface area (Å²) in [6, 6.07) is 0. The van der Waals surface area contributed by atoms with Gasteiger partial charge >= 0.3 is 17.9 Å². The van der Waals surface area contributed by atoms with Crippen LogP contribution in [0.15, 0.2) is 85.1 Å². The van der Waals surface area contributed by atoms with Gasteiger partial charge in [-0.15, -0.1) is 0 Å². The van der Waals surface area contributed by atoms with Crippen molar-refractivity contribution in [3.8, 4) is 0 Å². The van der Waals surface area contributed by atoms with Crippen molar-refractivity contribution in [2.45, 2.75) is 284 Å². The monoisotopic (exact) mass is 961 g/mol. The van der Waals surface area contributed by atoms with Crippen molar-refractivity contribution in [2.75, 3.05) is 13.2 Å². The van der Waals surface area contributed by atoms with E-state index in [-0.39, 0.29) is 37.5 Å². The number of unbranched alkanes of at least 4 members (excludes halogenated alkanes) is 27. The quantitative estimate of drug-likeness (QED) is 0.0262. The molecule has 0 aromatic rings. The van der Waals surface area contributed by atoms with Gasteiger partial charge in [-0.25, -0.2) is 0 Å². The highest BCUT2D eigenvalue weighted by Crippen LogP contribution is 2.16. The number of hydrogen-bond donors (Lipinski definition) is 0. The van der Waals surface area contributed by atoms with Gasteiger partial charge in [-0.05, 0) is 89.9 Å². The Labute approximate surface area is 426 Å². The summed E-state index contributed by atoms with van der Waals surface area (Å²) in [6.45, 7) is 6.47. The Morgan fingerprint density at radius 3 is 0.942 bits per heavy atom. The van der Waals surface area contributed by atoms with Gasteiger partial charge in [0.05, 0.1) is 0 Å². The van der Waals surface area contributed by atoms with Crippen LogP contribution in [0.25, 0.3) is 0 Å². The fourth-order valence-corrected chi connectivity index (χ4v) is 8.04. The fraction of sp³-hybridized carbons (Fsp3) is 0.730. The van der Waals surface area contributed by atoms with Crippen molar-refractivity contribution < 1.29 is 28.6 Å². The molecule has 0 saturated carbocycles. The Hall–Kier alpha value is -3.41. The first kappa shape index (κ1) is 65.6. The van der Waals surface area contributed by atoms with E-state index in [4.69, 9.17) is 14.2 Å². The first-order chi connectivity index (χ1) is 34.0. The van der Waals surface area contributed by atoms with E-state index in [2.05, 4.69) is 106 Å². The van der Waals surface area contributed by atoms with Crippen LogP contribution in [0.4, 0.5) is 0 Å². The second kappa shape index (κ2) is 57.2. The summed E-state index contributed by atoms with van der Waals surface area (Å²) in [5.74, 6) is -0.967. The molecule has 396 valence electrons. The smallest absolute Gasteiger partial charge is 0.306 e.